The number of anilines is 3. The van der Waals surface area contributed by atoms with E-state index in [1.807, 2.05) is 19.1 Å². The van der Waals surface area contributed by atoms with Crippen LogP contribution in [0.1, 0.15) is 16.9 Å². The van der Waals surface area contributed by atoms with Crippen LogP contribution in [0.5, 0.6) is 11.5 Å². The molecule has 2 aromatic heterocycles. The van der Waals surface area contributed by atoms with Crippen LogP contribution in [0.15, 0.2) is 35.0 Å². The number of methoxy groups -OCH3 is 2. The van der Waals surface area contributed by atoms with Gasteiger partial charge in [-0.25, -0.2) is 4.98 Å². The number of aryl methyl sites for hydroxylation is 1. The van der Waals surface area contributed by atoms with Crippen molar-refractivity contribution in [2.45, 2.75) is 19.9 Å². The zero-order chi connectivity index (χ0) is 18.8. The first-order valence-electron chi connectivity index (χ1n) is 8.68. The van der Waals surface area contributed by atoms with Crippen molar-refractivity contribution in [3.63, 3.8) is 0 Å². The zero-order valence-corrected chi connectivity index (χ0v) is 15.5. The number of nitrogens with zero attached hydrogens (tertiary/aromatic N) is 4. The van der Waals surface area contributed by atoms with Crippen LogP contribution in [0.25, 0.3) is 0 Å². The van der Waals surface area contributed by atoms with Crippen LogP contribution in [0, 0.1) is 6.92 Å². The highest BCUT2D eigenvalue weighted by molar-refractivity contribution is 5.54. The van der Waals surface area contributed by atoms with Crippen LogP contribution in [-0.2, 0) is 13.0 Å². The van der Waals surface area contributed by atoms with Crippen molar-refractivity contribution in [2.24, 2.45) is 0 Å². The maximum absolute atomic E-state index is 5.44. The van der Waals surface area contributed by atoms with Crippen molar-refractivity contribution in [3.05, 3.63) is 47.3 Å². The highest BCUT2D eigenvalue weighted by atomic mass is 16.5. The summed E-state index contributed by atoms with van der Waals surface area (Å²) < 4.78 is 15.9. The van der Waals surface area contributed by atoms with Crippen LogP contribution in [0.3, 0.4) is 0 Å². The molecule has 8 nitrogen and oxygen atoms in total. The number of aromatic nitrogens is 3. The van der Waals surface area contributed by atoms with Crippen molar-refractivity contribution in [2.75, 3.05) is 31.0 Å². The topological polar surface area (TPSA) is 85.5 Å². The molecule has 0 amide bonds. The van der Waals surface area contributed by atoms with E-state index in [2.05, 4.69) is 31.4 Å². The Balaban J connectivity index is 1.56. The van der Waals surface area contributed by atoms with E-state index in [0.29, 0.717) is 11.8 Å². The average Bonchev–Trinajstić information content (AvgIpc) is 3.11. The van der Waals surface area contributed by atoms with E-state index in [1.54, 1.807) is 26.5 Å². The number of nitrogens with one attached hydrogen (secondary N) is 1. The lowest BCUT2D eigenvalue weighted by Crippen LogP contribution is -2.31. The number of rotatable bonds is 5. The number of fused-ring (bicyclic) bond motifs is 1. The van der Waals surface area contributed by atoms with Crippen LogP contribution in [-0.4, -0.2) is 35.9 Å². The molecule has 3 aromatic rings. The second kappa shape index (κ2) is 7.14. The summed E-state index contributed by atoms with van der Waals surface area (Å²) in [6.45, 7) is 3.45. The number of benzene rings is 1. The largest absolute Gasteiger partial charge is 0.493 e. The molecule has 8 heteroatoms. The SMILES string of the molecule is COc1cc2c(cc1OC)CN(c1ccnc(Nc3cc(C)on3)n1)CC2. The molecule has 1 aliphatic heterocycles. The fourth-order valence-corrected chi connectivity index (χ4v) is 3.20. The van der Waals surface area contributed by atoms with Gasteiger partial charge >= 0.3 is 0 Å². The van der Waals surface area contributed by atoms with Crippen LogP contribution >= 0.6 is 0 Å². The van der Waals surface area contributed by atoms with E-state index in [4.69, 9.17) is 14.0 Å². The number of hydrogen-bond acceptors (Lipinski definition) is 8. The second-order valence-electron chi connectivity index (χ2n) is 6.33. The molecule has 0 atom stereocenters. The van der Waals surface area contributed by atoms with Gasteiger partial charge in [0.2, 0.25) is 5.95 Å². The van der Waals surface area contributed by atoms with E-state index >= 15 is 0 Å². The Morgan fingerprint density at radius 2 is 1.89 bits per heavy atom. The van der Waals surface area contributed by atoms with Crippen molar-refractivity contribution in [1.29, 1.82) is 0 Å². The Kier molecular flexibility index (Phi) is 4.53. The van der Waals surface area contributed by atoms with Gasteiger partial charge in [-0.2, -0.15) is 4.98 Å². The van der Waals surface area contributed by atoms with Gasteiger partial charge in [-0.05, 0) is 42.7 Å². The third-order valence-corrected chi connectivity index (χ3v) is 4.55. The summed E-state index contributed by atoms with van der Waals surface area (Å²) in [4.78, 5) is 11.1. The van der Waals surface area contributed by atoms with Gasteiger partial charge in [0.1, 0.15) is 11.6 Å². The molecule has 27 heavy (non-hydrogen) atoms. The first kappa shape index (κ1) is 17.1. The first-order chi connectivity index (χ1) is 13.2. The molecule has 0 unspecified atom stereocenters. The van der Waals surface area contributed by atoms with Gasteiger partial charge in [-0.1, -0.05) is 5.16 Å². The van der Waals surface area contributed by atoms with Gasteiger partial charge in [0.25, 0.3) is 0 Å². The maximum Gasteiger partial charge on any atom is 0.230 e. The molecule has 1 aliphatic rings. The molecular weight excluding hydrogens is 346 g/mol. The molecule has 1 aromatic carbocycles. The van der Waals surface area contributed by atoms with Crippen molar-refractivity contribution in [3.8, 4) is 11.5 Å². The summed E-state index contributed by atoms with van der Waals surface area (Å²) in [5.41, 5.74) is 2.48. The van der Waals surface area contributed by atoms with Gasteiger partial charge in [0.05, 0.1) is 14.2 Å². The van der Waals surface area contributed by atoms with Gasteiger partial charge in [0, 0.05) is 25.4 Å². The van der Waals surface area contributed by atoms with Crippen molar-refractivity contribution < 1.29 is 14.0 Å². The standard InChI is InChI=1S/C19H21N5O3/c1-12-8-17(23-27-12)21-19-20-6-4-18(22-19)24-7-5-13-9-15(25-2)16(26-3)10-14(13)11-24/h4,6,8-10H,5,7,11H2,1-3H3,(H,20,21,22,23). The Bertz CT molecular complexity index is 956. The fraction of sp³-hybridized carbons (Fsp3) is 0.316. The molecule has 0 saturated carbocycles. The predicted octanol–water partition coefficient (Wildman–Crippen LogP) is 3.10. The lowest BCUT2D eigenvalue weighted by Gasteiger charge is -2.30. The molecule has 0 spiro atoms. The van der Waals surface area contributed by atoms with Crippen molar-refractivity contribution >= 4 is 17.6 Å². The highest BCUT2D eigenvalue weighted by Gasteiger charge is 2.21. The van der Waals surface area contributed by atoms with E-state index in [1.165, 1.54) is 11.1 Å². The quantitative estimate of drug-likeness (QED) is 0.736. The second-order valence-corrected chi connectivity index (χ2v) is 6.33. The van der Waals surface area contributed by atoms with Crippen molar-refractivity contribution in [1.82, 2.24) is 15.1 Å². The third kappa shape index (κ3) is 3.51. The lowest BCUT2D eigenvalue weighted by atomic mass is 9.99. The van der Waals surface area contributed by atoms with Gasteiger partial charge in [-0.15, -0.1) is 0 Å². The third-order valence-electron chi connectivity index (χ3n) is 4.55. The predicted molar refractivity (Wildman–Crippen MR) is 101 cm³/mol. The normalized spacial score (nSPS) is 13.2. The summed E-state index contributed by atoms with van der Waals surface area (Å²) in [7, 11) is 3.31. The average molecular weight is 367 g/mol. The number of hydrogen-bond donors (Lipinski definition) is 1. The molecule has 4 rings (SSSR count). The van der Waals surface area contributed by atoms with E-state index in [0.717, 1.165) is 42.6 Å². The first-order valence-corrected chi connectivity index (χ1v) is 8.68. The minimum absolute atomic E-state index is 0.485. The monoisotopic (exact) mass is 367 g/mol. The van der Waals surface area contributed by atoms with Gasteiger partial charge < -0.3 is 24.2 Å². The van der Waals surface area contributed by atoms with Gasteiger partial charge in [-0.3, -0.25) is 0 Å². The Morgan fingerprint density at radius 1 is 1.11 bits per heavy atom. The molecular formula is C19H21N5O3. The highest BCUT2D eigenvalue weighted by Crippen LogP contribution is 2.34. The maximum atomic E-state index is 5.44. The Morgan fingerprint density at radius 3 is 2.59 bits per heavy atom. The zero-order valence-electron chi connectivity index (χ0n) is 15.5. The summed E-state index contributed by atoms with van der Waals surface area (Å²) in [5.74, 6) is 4.16. The summed E-state index contributed by atoms with van der Waals surface area (Å²) in [6.07, 6.45) is 2.65. The minimum atomic E-state index is 0.485. The molecule has 1 N–H and O–H groups in total. The smallest absolute Gasteiger partial charge is 0.230 e. The molecule has 0 radical (unpaired) electrons. The summed E-state index contributed by atoms with van der Waals surface area (Å²) in [5, 5.41) is 6.98. The van der Waals surface area contributed by atoms with Crippen LogP contribution in [0.4, 0.5) is 17.6 Å². The molecule has 0 bridgehead atoms. The van der Waals surface area contributed by atoms with E-state index in [9.17, 15) is 0 Å². The Hall–Kier alpha value is -3.29. The Labute approximate surface area is 157 Å². The van der Waals surface area contributed by atoms with Crippen LogP contribution < -0.4 is 19.7 Å². The lowest BCUT2D eigenvalue weighted by molar-refractivity contribution is 0.353. The summed E-state index contributed by atoms with van der Waals surface area (Å²) in [6, 6.07) is 7.81. The van der Waals surface area contributed by atoms with Crippen LogP contribution in [0.2, 0.25) is 0 Å². The number of ether oxygens (including phenoxy) is 2. The molecule has 0 saturated heterocycles. The van der Waals surface area contributed by atoms with Gasteiger partial charge in [0.15, 0.2) is 17.3 Å². The minimum Gasteiger partial charge on any atom is -0.493 e. The van der Waals surface area contributed by atoms with E-state index < -0.39 is 0 Å². The summed E-state index contributed by atoms with van der Waals surface area (Å²) >= 11 is 0. The molecule has 0 fully saturated rings. The van der Waals surface area contributed by atoms with E-state index in [-0.39, 0.29) is 0 Å². The molecule has 140 valence electrons. The molecule has 3 heterocycles. The fourth-order valence-electron chi connectivity index (χ4n) is 3.20. The molecule has 0 aliphatic carbocycles.